The third-order valence-corrected chi connectivity index (χ3v) is 4.94. The first kappa shape index (κ1) is 16.3. The van der Waals surface area contributed by atoms with Crippen LogP contribution in [-0.2, 0) is 4.74 Å². The summed E-state index contributed by atoms with van der Waals surface area (Å²) >= 11 is 0. The molecule has 0 spiro atoms. The van der Waals surface area contributed by atoms with E-state index in [2.05, 4.69) is 23.6 Å². The number of methoxy groups -OCH3 is 1. The van der Waals surface area contributed by atoms with E-state index in [0.29, 0.717) is 5.41 Å². The Morgan fingerprint density at radius 1 is 0.950 bits per heavy atom. The molecule has 2 saturated heterocycles. The Hall–Kier alpha value is -0.120. The quantitative estimate of drug-likeness (QED) is 0.714. The first-order chi connectivity index (χ1) is 9.59. The SMILES string of the molecule is COCCC1CCN(CC(C)(C)CN2CCCC2)CC1. The smallest absolute Gasteiger partial charge is 0.0464 e. The molecule has 0 aliphatic carbocycles. The fourth-order valence-electron chi connectivity index (χ4n) is 3.92. The van der Waals surface area contributed by atoms with Gasteiger partial charge in [-0.25, -0.2) is 0 Å². The molecule has 2 fully saturated rings. The van der Waals surface area contributed by atoms with Crippen molar-refractivity contribution in [3.8, 4) is 0 Å². The van der Waals surface area contributed by atoms with E-state index in [1.54, 1.807) is 0 Å². The van der Waals surface area contributed by atoms with Crippen molar-refractivity contribution >= 4 is 0 Å². The average molecular weight is 282 g/mol. The van der Waals surface area contributed by atoms with Gasteiger partial charge in [0, 0.05) is 26.8 Å². The summed E-state index contributed by atoms with van der Waals surface area (Å²) in [4.78, 5) is 5.35. The highest BCUT2D eigenvalue weighted by atomic mass is 16.5. The van der Waals surface area contributed by atoms with Gasteiger partial charge in [-0.1, -0.05) is 13.8 Å². The first-order valence-electron chi connectivity index (χ1n) is 8.53. The lowest BCUT2D eigenvalue weighted by molar-refractivity contribution is 0.0911. The van der Waals surface area contributed by atoms with Crippen LogP contribution in [0.15, 0.2) is 0 Å². The number of hydrogen-bond donors (Lipinski definition) is 0. The summed E-state index contributed by atoms with van der Waals surface area (Å²) in [5.41, 5.74) is 0.434. The van der Waals surface area contributed by atoms with Crippen LogP contribution in [0.1, 0.15) is 46.0 Å². The molecule has 0 aromatic carbocycles. The van der Waals surface area contributed by atoms with E-state index in [1.165, 1.54) is 71.4 Å². The molecular formula is C17H34N2O. The van der Waals surface area contributed by atoms with Gasteiger partial charge in [0.2, 0.25) is 0 Å². The summed E-state index contributed by atoms with van der Waals surface area (Å²) in [6.07, 6.45) is 6.79. The van der Waals surface area contributed by atoms with Crippen LogP contribution in [0.3, 0.4) is 0 Å². The van der Waals surface area contributed by atoms with Gasteiger partial charge in [0.1, 0.15) is 0 Å². The van der Waals surface area contributed by atoms with Gasteiger partial charge in [0.15, 0.2) is 0 Å². The molecule has 0 amide bonds. The topological polar surface area (TPSA) is 15.7 Å². The highest BCUT2D eigenvalue weighted by molar-refractivity contribution is 4.82. The van der Waals surface area contributed by atoms with E-state index >= 15 is 0 Å². The van der Waals surface area contributed by atoms with E-state index in [4.69, 9.17) is 4.74 Å². The predicted octanol–water partition coefficient (Wildman–Crippen LogP) is 2.86. The van der Waals surface area contributed by atoms with E-state index in [-0.39, 0.29) is 0 Å². The molecule has 118 valence electrons. The van der Waals surface area contributed by atoms with Crippen LogP contribution in [0, 0.1) is 11.3 Å². The largest absolute Gasteiger partial charge is 0.385 e. The predicted molar refractivity (Wildman–Crippen MR) is 85.1 cm³/mol. The monoisotopic (exact) mass is 282 g/mol. The van der Waals surface area contributed by atoms with Crippen LogP contribution >= 0.6 is 0 Å². The van der Waals surface area contributed by atoms with Gasteiger partial charge in [-0.05, 0) is 69.6 Å². The summed E-state index contributed by atoms with van der Waals surface area (Å²) in [7, 11) is 1.82. The molecule has 3 heteroatoms. The minimum Gasteiger partial charge on any atom is -0.385 e. The van der Waals surface area contributed by atoms with E-state index < -0.39 is 0 Å². The van der Waals surface area contributed by atoms with Crippen molar-refractivity contribution in [3.63, 3.8) is 0 Å². The Bertz CT molecular complexity index is 266. The second kappa shape index (κ2) is 7.77. The molecule has 20 heavy (non-hydrogen) atoms. The molecule has 2 aliphatic heterocycles. The maximum absolute atomic E-state index is 5.21. The van der Waals surface area contributed by atoms with E-state index in [0.717, 1.165) is 12.5 Å². The Kier molecular flexibility index (Phi) is 6.31. The third-order valence-electron chi connectivity index (χ3n) is 4.94. The molecule has 0 aromatic rings. The van der Waals surface area contributed by atoms with Gasteiger partial charge < -0.3 is 14.5 Å². The number of nitrogens with zero attached hydrogens (tertiary/aromatic N) is 2. The lowest BCUT2D eigenvalue weighted by Crippen LogP contribution is -2.44. The minimum absolute atomic E-state index is 0.434. The van der Waals surface area contributed by atoms with Crippen LogP contribution in [0.25, 0.3) is 0 Å². The summed E-state index contributed by atoms with van der Waals surface area (Å²) < 4.78 is 5.21. The molecule has 0 N–H and O–H groups in total. The van der Waals surface area contributed by atoms with Crippen molar-refractivity contribution < 1.29 is 4.74 Å². The maximum atomic E-state index is 5.21. The molecule has 0 unspecified atom stereocenters. The average Bonchev–Trinajstić information content (AvgIpc) is 2.89. The number of hydrogen-bond acceptors (Lipinski definition) is 3. The molecule has 2 heterocycles. The van der Waals surface area contributed by atoms with Gasteiger partial charge in [-0.3, -0.25) is 0 Å². The zero-order chi connectivity index (χ0) is 14.4. The van der Waals surface area contributed by atoms with Gasteiger partial charge in [-0.2, -0.15) is 0 Å². The number of likely N-dealkylation sites (tertiary alicyclic amines) is 2. The van der Waals surface area contributed by atoms with Crippen molar-refractivity contribution in [2.24, 2.45) is 11.3 Å². The Labute approximate surface area is 125 Å². The van der Waals surface area contributed by atoms with Crippen LogP contribution in [-0.4, -0.2) is 62.8 Å². The first-order valence-corrected chi connectivity index (χ1v) is 8.53. The fraction of sp³-hybridized carbons (Fsp3) is 1.00. The van der Waals surface area contributed by atoms with Crippen LogP contribution < -0.4 is 0 Å². The molecule has 0 radical (unpaired) electrons. The highest BCUT2D eigenvalue weighted by Crippen LogP contribution is 2.26. The van der Waals surface area contributed by atoms with E-state index in [1.807, 2.05) is 7.11 Å². The van der Waals surface area contributed by atoms with E-state index in [9.17, 15) is 0 Å². The standard InChI is InChI=1S/C17H34N2O/c1-17(2,14-18-9-4-5-10-18)15-19-11-6-16(7-12-19)8-13-20-3/h16H,4-15H2,1-3H3. The fourth-order valence-corrected chi connectivity index (χ4v) is 3.92. The maximum Gasteiger partial charge on any atom is 0.0464 e. The Morgan fingerprint density at radius 3 is 2.05 bits per heavy atom. The second-order valence-corrected chi connectivity index (χ2v) is 7.65. The number of piperidine rings is 1. The molecule has 0 saturated carbocycles. The number of rotatable bonds is 7. The van der Waals surface area contributed by atoms with Gasteiger partial charge in [-0.15, -0.1) is 0 Å². The summed E-state index contributed by atoms with van der Waals surface area (Å²) in [6, 6.07) is 0. The van der Waals surface area contributed by atoms with Gasteiger partial charge >= 0.3 is 0 Å². The molecule has 2 aliphatic rings. The third kappa shape index (κ3) is 5.34. The van der Waals surface area contributed by atoms with Crippen molar-refractivity contribution in [3.05, 3.63) is 0 Å². The summed E-state index contributed by atoms with van der Waals surface area (Å²) in [6.45, 7) is 13.6. The van der Waals surface area contributed by atoms with Gasteiger partial charge in [0.25, 0.3) is 0 Å². The molecular weight excluding hydrogens is 248 g/mol. The summed E-state index contributed by atoms with van der Waals surface area (Å²) in [5, 5.41) is 0. The lowest BCUT2D eigenvalue weighted by Gasteiger charge is -2.39. The van der Waals surface area contributed by atoms with Gasteiger partial charge in [0.05, 0.1) is 0 Å². The second-order valence-electron chi connectivity index (χ2n) is 7.65. The van der Waals surface area contributed by atoms with Crippen LogP contribution in [0.2, 0.25) is 0 Å². The normalized spacial score (nSPS) is 23.6. The minimum atomic E-state index is 0.434. The Balaban J connectivity index is 1.68. The van der Waals surface area contributed by atoms with Crippen LogP contribution in [0.5, 0.6) is 0 Å². The van der Waals surface area contributed by atoms with Crippen molar-refractivity contribution in [1.82, 2.24) is 9.80 Å². The molecule has 0 atom stereocenters. The zero-order valence-corrected chi connectivity index (χ0v) is 13.9. The van der Waals surface area contributed by atoms with Crippen molar-refractivity contribution in [2.75, 3.05) is 53.0 Å². The Morgan fingerprint density at radius 2 is 1.50 bits per heavy atom. The van der Waals surface area contributed by atoms with Crippen LogP contribution in [0.4, 0.5) is 0 Å². The molecule has 2 rings (SSSR count). The summed E-state index contributed by atoms with van der Waals surface area (Å²) in [5.74, 6) is 0.896. The van der Waals surface area contributed by atoms with Crippen molar-refractivity contribution in [1.29, 1.82) is 0 Å². The molecule has 0 bridgehead atoms. The lowest BCUT2D eigenvalue weighted by atomic mass is 9.89. The highest BCUT2D eigenvalue weighted by Gasteiger charge is 2.28. The molecule has 3 nitrogen and oxygen atoms in total. The van der Waals surface area contributed by atoms with Crippen molar-refractivity contribution in [2.45, 2.75) is 46.0 Å². The zero-order valence-electron chi connectivity index (χ0n) is 13.9. The number of ether oxygens (including phenoxy) is 1. The molecule has 0 aromatic heterocycles.